The van der Waals surface area contributed by atoms with Crippen molar-refractivity contribution in [3.8, 4) is 11.5 Å². The molecule has 24 heavy (non-hydrogen) atoms. The molecule has 0 amide bonds. The average molecular weight is 337 g/mol. The molecule has 0 unspecified atom stereocenters. The summed E-state index contributed by atoms with van der Waals surface area (Å²) in [7, 11) is 3.24. The molecule has 1 aliphatic rings. The van der Waals surface area contributed by atoms with Crippen molar-refractivity contribution in [2.24, 2.45) is 11.8 Å². The van der Waals surface area contributed by atoms with Crippen LogP contribution in [-0.4, -0.2) is 56.6 Å². The maximum atomic E-state index is 10.2. The first-order valence-electron chi connectivity index (χ1n) is 8.70. The Kier molecular flexibility index (Phi) is 7.34. The van der Waals surface area contributed by atoms with Crippen LogP contribution in [0.5, 0.6) is 11.5 Å². The molecule has 5 heteroatoms. The number of hydrogen-bond donors (Lipinski definition) is 1. The quantitative estimate of drug-likeness (QED) is 0.790. The molecule has 3 atom stereocenters. The van der Waals surface area contributed by atoms with Crippen LogP contribution in [0.1, 0.15) is 25.8 Å². The summed E-state index contributed by atoms with van der Waals surface area (Å²) in [5.74, 6) is 2.80. The van der Waals surface area contributed by atoms with Gasteiger partial charge in [-0.25, -0.2) is 0 Å². The maximum Gasteiger partial charge on any atom is 0.161 e. The fourth-order valence-corrected chi connectivity index (χ4v) is 3.58. The number of nitrogens with zero attached hydrogens (tertiary/aromatic N) is 1. The van der Waals surface area contributed by atoms with Crippen molar-refractivity contribution in [3.63, 3.8) is 0 Å². The highest BCUT2D eigenvalue weighted by Gasteiger charge is 2.23. The minimum Gasteiger partial charge on any atom is -0.493 e. The molecule has 1 fully saturated rings. The smallest absolute Gasteiger partial charge is 0.161 e. The second-order valence-corrected chi connectivity index (χ2v) is 7.02. The van der Waals surface area contributed by atoms with Crippen LogP contribution in [0.25, 0.3) is 0 Å². The summed E-state index contributed by atoms with van der Waals surface area (Å²) in [5, 5.41) is 10.2. The summed E-state index contributed by atoms with van der Waals surface area (Å²) in [4.78, 5) is 2.35. The number of β-amino-alcohol motifs (C(OH)–C–C–N with tert-alkyl or cyclic N) is 1. The topological polar surface area (TPSA) is 51.2 Å². The Balaban J connectivity index is 1.75. The summed E-state index contributed by atoms with van der Waals surface area (Å²) in [6.07, 6.45) is 0.824. The molecule has 1 aromatic rings. The highest BCUT2D eigenvalue weighted by molar-refractivity contribution is 5.42. The first-order valence-corrected chi connectivity index (χ1v) is 8.70. The Hall–Kier alpha value is -1.30. The molecule has 1 heterocycles. The van der Waals surface area contributed by atoms with Crippen LogP contribution in [0, 0.1) is 11.8 Å². The van der Waals surface area contributed by atoms with Crippen LogP contribution in [0.4, 0.5) is 0 Å². The fourth-order valence-electron chi connectivity index (χ4n) is 3.58. The summed E-state index contributed by atoms with van der Waals surface area (Å²) >= 11 is 0. The monoisotopic (exact) mass is 337 g/mol. The van der Waals surface area contributed by atoms with Gasteiger partial charge in [-0.15, -0.1) is 0 Å². The molecule has 0 spiro atoms. The zero-order valence-electron chi connectivity index (χ0n) is 15.3. The van der Waals surface area contributed by atoms with E-state index in [9.17, 15) is 5.11 Å². The van der Waals surface area contributed by atoms with E-state index in [2.05, 4.69) is 18.7 Å². The summed E-state index contributed by atoms with van der Waals surface area (Å²) in [6, 6.07) is 5.71. The van der Waals surface area contributed by atoms with Gasteiger partial charge in [0.15, 0.2) is 11.5 Å². The predicted octanol–water partition coefficient (Wildman–Crippen LogP) is 2.56. The number of benzene rings is 1. The van der Waals surface area contributed by atoms with E-state index in [1.807, 2.05) is 18.2 Å². The molecule has 1 aliphatic heterocycles. The lowest BCUT2D eigenvalue weighted by molar-refractivity contribution is -0.000930. The van der Waals surface area contributed by atoms with Gasteiger partial charge in [0.2, 0.25) is 0 Å². The Bertz CT molecular complexity index is 498. The molecule has 1 aromatic carbocycles. The minimum absolute atomic E-state index is 0.341. The van der Waals surface area contributed by atoms with Gasteiger partial charge in [-0.3, -0.25) is 0 Å². The van der Waals surface area contributed by atoms with E-state index in [-0.39, 0.29) is 0 Å². The second kappa shape index (κ2) is 9.25. The van der Waals surface area contributed by atoms with Gasteiger partial charge in [0.25, 0.3) is 0 Å². The number of likely N-dealkylation sites (tertiary alicyclic amines) is 1. The van der Waals surface area contributed by atoms with Crippen molar-refractivity contribution in [1.29, 1.82) is 0 Å². The number of rotatable bonds is 8. The molecule has 0 bridgehead atoms. The lowest BCUT2D eigenvalue weighted by atomic mass is 9.92. The number of aliphatic hydroxyl groups is 1. The minimum atomic E-state index is -0.456. The Morgan fingerprint density at radius 2 is 1.79 bits per heavy atom. The largest absolute Gasteiger partial charge is 0.493 e. The van der Waals surface area contributed by atoms with Crippen molar-refractivity contribution >= 4 is 0 Å². The number of hydrogen-bond acceptors (Lipinski definition) is 5. The highest BCUT2D eigenvalue weighted by atomic mass is 16.5. The van der Waals surface area contributed by atoms with Crippen LogP contribution >= 0.6 is 0 Å². The van der Waals surface area contributed by atoms with E-state index in [0.717, 1.165) is 18.7 Å². The van der Waals surface area contributed by atoms with Gasteiger partial charge in [0.05, 0.1) is 33.5 Å². The van der Waals surface area contributed by atoms with Crippen molar-refractivity contribution in [1.82, 2.24) is 4.90 Å². The number of aliphatic hydroxyl groups excluding tert-OH is 1. The van der Waals surface area contributed by atoms with Crippen molar-refractivity contribution in [2.75, 3.05) is 40.5 Å². The predicted molar refractivity (Wildman–Crippen MR) is 94.6 cm³/mol. The van der Waals surface area contributed by atoms with Gasteiger partial charge in [-0.05, 0) is 36.0 Å². The normalized spacial score (nSPS) is 23.0. The average Bonchev–Trinajstić information content (AvgIpc) is 2.53. The zero-order chi connectivity index (χ0) is 17.5. The SMILES string of the molecule is COc1ccc(COC[C@H](O)CN2C[C@@H](C)C[C@H](C)C2)cc1OC. The van der Waals surface area contributed by atoms with Crippen LogP contribution in [-0.2, 0) is 11.3 Å². The van der Waals surface area contributed by atoms with E-state index in [0.29, 0.717) is 43.1 Å². The van der Waals surface area contributed by atoms with E-state index in [4.69, 9.17) is 14.2 Å². The van der Waals surface area contributed by atoms with E-state index < -0.39 is 6.10 Å². The zero-order valence-corrected chi connectivity index (χ0v) is 15.3. The molecule has 2 rings (SSSR count). The lowest BCUT2D eigenvalue weighted by Crippen LogP contribution is -2.43. The second-order valence-electron chi connectivity index (χ2n) is 7.02. The van der Waals surface area contributed by atoms with Crippen LogP contribution < -0.4 is 9.47 Å². The molecular weight excluding hydrogens is 306 g/mol. The third-order valence-corrected chi connectivity index (χ3v) is 4.44. The molecule has 0 aromatic heterocycles. The molecule has 5 nitrogen and oxygen atoms in total. The first kappa shape index (κ1) is 19.0. The van der Waals surface area contributed by atoms with Gasteiger partial charge in [-0.2, -0.15) is 0 Å². The van der Waals surface area contributed by atoms with Gasteiger partial charge < -0.3 is 24.2 Å². The van der Waals surface area contributed by atoms with Crippen molar-refractivity contribution < 1.29 is 19.3 Å². The van der Waals surface area contributed by atoms with Crippen molar-refractivity contribution in [3.05, 3.63) is 23.8 Å². The maximum absolute atomic E-state index is 10.2. The molecule has 1 saturated heterocycles. The summed E-state index contributed by atoms with van der Waals surface area (Å²) < 4.78 is 16.2. The Morgan fingerprint density at radius 1 is 1.12 bits per heavy atom. The Morgan fingerprint density at radius 3 is 2.42 bits per heavy atom. The third kappa shape index (κ3) is 5.65. The summed E-state index contributed by atoms with van der Waals surface area (Å²) in [5.41, 5.74) is 1.00. The lowest BCUT2D eigenvalue weighted by Gasteiger charge is -2.35. The van der Waals surface area contributed by atoms with Gasteiger partial charge >= 0.3 is 0 Å². The summed E-state index contributed by atoms with van der Waals surface area (Å²) in [6.45, 7) is 8.16. The molecule has 0 radical (unpaired) electrons. The number of ether oxygens (including phenoxy) is 3. The molecular formula is C19H31NO4. The standard InChI is InChI=1S/C19H31NO4/c1-14-7-15(2)10-20(9-14)11-17(21)13-24-12-16-5-6-18(22-3)19(8-16)23-4/h5-6,8,14-15,17,21H,7,9-13H2,1-4H3/t14-,15-,17+/m0/s1. The van der Waals surface area contributed by atoms with Crippen LogP contribution in [0.3, 0.4) is 0 Å². The van der Waals surface area contributed by atoms with Crippen molar-refractivity contribution in [2.45, 2.75) is 33.0 Å². The van der Waals surface area contributed by atoms with Gasteiger partial charge in [-0.1, -0.05) is 19.9 Å². The first-order chi connectivity index (χ1) is 11.5. The van der Waals surface area contributed by atoms with E-state index >= 15 is 0 Å². The molecule has 1 N–H and O–H groups in total. The van der Waals surface area contributed by atoms with Crippen LogP contribution in [0.2, 0.25) is 0 Å². The third-order valence-electron chi connectivity index (χ3n) is 4.44. The van der Waals surface area contributed by atoms with Gasteiger partial charge in [0, 0.05) is 19.6 Å². The number of methoxy groups -OCH3 is 2. The molecule has 0 saturated carbocycles. The highest BCUT2D eigenvalue weighted by Crippen LogP contribution is 2.27. The Labute approximate surface area is 145 Å². The molecule has 136 valence electrons. The number of piperidine rings is 1. The molecule has 0 aliphatic carbocycles. The van der Waals surface area contributed by atoms with E-state index in [1.54, 1.807) is 14.2 Å². The fraction of sp³-hybridized carbons (Fsp3) is 0.684. The van der Waals surface area contributed by atoms with Gasteiger partial charge in [0.1, 0.15) is 0 Å². The van der Waals surface area contributed by atoms with Crippen LogP contribution in [0.15, 0.2) is 18.2 Å². The van der Waals surface area contributed by atoms with E-state index in [1.165, 1.54) is 6.42 Å².